The van der Waals surface area contributed by atoms with Crippen molar-refractivity contribution >= 4 is 0 Å². The summed E-state index contributed by atoms with van der Waals surface area (Å²) in [6.45, 7) is 1.98. The molecule has 1 aromatic rings. The minimum atomic E-state index is 0.461. The van der Waals surface area contributed by atoms with Gasteiger partial charge in [-0.1, -0.05) is 0 Å². The minimum Gasteiger partial charge on any atom is -0.497 e. The van der Waals surface area contributed by atoms with Crippen LogP contribution in [0.25, 0.3) is 0 Å². The lowest BCUT2D eigenvalue weighted by Gasteiger charge is -2.12. The first kappa shape index (κ1) is 13.3. The third kappa shape index (κ3) is 5.23. The van der Waals surface area contributed by atoms with Crippen LogP contribution in [-0.2, 0) is 0 Å². The van der Waals surface area contributed by atoms with E-state index in [0.29, 0.717) is 13.2 Å². The van der Waals surface area contributed by atoms with Gasteiger partial charge in [0.1, 0.15) is 11.5 Å². The van der Waals surface area contributed by atoms with Crippen LogP contribution in [0.4, 0.5) is 0 Å². The number of nitrogens with zero attached hydrogens (tertiary/aromatic N) is 2. The fourth-order valence-electron chi connectivity index (χ4n) is 1.40. The van der Waals surface area contributed by atoms with E-state index >= 15 is 0 Å². The molecule has 0 aliphatic rings. The van der Waals surface area contributed by atoms with Crippen molar-refractivity contribution in [2.24, 2.45) is 0 Å². The van der Waals surface area contributed by atoms with Crippen LogP contribution in [0.15, 0.2) is 24.3 Å². The van der Waals surface area contributed by atoms with Gasteiger partial charge in [0, 0.05) is 6.54 Å². The lowest BCUT2D eigenvalue weighted by atomic mass is 10.3. The third-order valence-electron chi connectivity index (χ3n) is 2.35. The highest BCUT2D eigenvalue weighted by atomic mass is 16.5. The summed E-state index contributed by atoms with van der Waals surface area (Å²) in [6, 6.07) is 9.63. The predicted molar refractivity (Wildman–Crippen MR) is 66.2 cm³/mol. The number of methoxy groups -OCH3 is 1. The van der Waals surface area contributed by atoms with E-state index in [4.69, 9.17) is 14.7 Å². The van der Waals surface area contributed by atoms with Gasteiger partial charge < -0.3 is 9.47 Å². The first-order valence-corrected chi connectivity index (χ1v) is 5.58. The van der Waals surface area contributed by atoms with E-state index in [1.54, 1.807) is 7.11 Å². The zero-order chi connectivity index (χ0) is 12.5. The molecule has 0 radical (unpaired) electrons. The molecular weight excluding hydrogens is 216 g/mol. The van der Waals surface area contributed by atoms with Gasteiger partial charge in [-0.3, -0.25) is 4.90 Å². The predicted octanol–water partition coefficient (Wildman–Crippen LogP) is 1.92. The quantitative estimate of drug-likeness (QED) is 0.534. The lowest BCUT2D eigenvalue weighted by Crippen LogP contribution is -2.21. The van der Waals surface area contributed by atoms with Crippen LogP contribution in [0, 0.1) is 11.3 Å². The maximum Gasteiger partial charge on any atom is 0.119 e. The van der Waals surface area contributed by atoms with Crippen molar-refractivity contribution in [1.29, 1.82) is 5.26 Å². The largest absolute Gasteiger partial charge is 0.497 e. The van der Waals surface area contributed by atoms with Crippen molar-refractivity contribution in [3.05, 3.63) is 24.3 Å². The number of benzene rings is 1. The first-order valence-electron chi connectivity index (χ1n) is 5.58. The van der Waals surface area contributed by atoms with Gasteiger partial charge in [-0.25, -0.2) is 0 Å². The Bertz CT molecular complexity index is 357. The van der Waals surface area contributed by atoms with Crippen LogP contribution < -0.4 is 9.47 Å². The second kappa shape index (κ2) is 7.53. The van der Waals surface area contributed by atoms with Crippen LogP contribution in [0.5, 0.6) is 11.5 Å². The number of hydrogen-bond acceptors (Lipinski definition) is 4. The van der Waals surface area contributed by atoms with Crippen molar-refractivity contribution in [1.82, 2.24) is 4.90 Å². The van der Waals surface area contributed by atoms with Gasteiger partial charge in [0.15, 0.2) is 0 Å². The maximum absolute atomic E-state index is 8.49. The SMILES string of the molecule is COc1ccc(OCCCN(C)CC#N)cc1. The second-order valence-corrected chi connectivity index (χ2v) is 3.77. The maximum atomic E-state index is 8.49. The number of ether oxygens (including phenoxy) is 2. The Morgan fingerprint density at radius 1 is 1.24 bits per heavy atom. The summed E-state index contributed by atoms with van der Waals surface area (Å²) in [5.74, 6) is 1.67. The zero-order valence-corrected chi connectivity index (χ0v) is 10.3. The minimum absolute atomic E-state index is 0.461. The fraction of sp³-hybridized carbons (Fsp3) is 0.462. The molecule has 0 N–H and O–H groups in total. The van der Waals surface area contributed by atoms with E-state index < -0.39 is 0 Å². The third-order valence-corrected chi connectivity index (χ3v) is 2.35. The van der Waals surface area contributed by atoms with E-state index in [0.717, 1.165) is 24.5 Å². The molecule has 1 aromatic carbocycles. The Kier molecular flexibility index (Phi) is 5.91. The van der Waals surface area contributed by atoms with Crippen LogP contribution in [0.2, 0.25) is 0 Å². The summed E-state index contributed by atoms with van der Waals surface area (Å²) in [5, 5.41) is 8.49. The Morgan fingerprint density at radius 2 is 1.88 bits per heavy atom. The van der Waals surface area contributed by atoms with Crippen LogP contribution in [0.1, 0.15) is 6.42 Å². The Labute approximate surface area is 102 Å². The molecule has 92 valence electrons. The topological polar surface area (TPSA) is 45.5 Å². The molecule has 4 nitrogen and oxygen atoms in total. The molecule has 0 saturated carbocycles. The van der Waals surface area contributed by atoms with Crippen LogP contribution in [-0.4, -0.2) is 38.8 Å². The van der Waals surface area contributed by atoms with Crippen molar-refractivity contribution in [3.8, 4) is 17.6 Å². The molecule has 17 heavy (non-hydrogen) atoms. The smallest absolute Gasteiger partial charge is 0.119 e. The van der Waals surface area contributed by atoms with E-state index in [2.05, 4.69) is 6.07 Å². The molecule has 0 unspecified atom stereocenters. The molecule has 0 bridgehead atoms. The van der Waals surface area contributed by atoms with E-state index in [9.17, 15) is 0 Å². The summed E-state index contributed by atoms with van der Waals surface area (Å²) in [7, 11) is 3.57. The molecule has 1 rings (SSSR count). The lowest BCUT2D eigenvalue weighted by molar-refractivity contribution is 0.274. The van der Waals surface area contributed by atoms with Gasteiger partial charge >= 0.3 is 0 Å². The first-order chi connectivity index (χ1) is 8.26. The number of nitriles is 1. The van der Waals surface area contributed by atoms with Gasteiger partial charge in [0.2, 0.25) is 0 Å². The van der Waals surface area contributed by atoms with Gasteiger partial charge in [0.05, 0.1) is 26.3 Å². The molecule has 4 heteroatoms. The van der Waals surface area contributed by atoms with Crippen LogP contribution in [0.3, 0.4) is 0 Å². The Hall–Kier alpha value is -1.73. The summed E-state index contributed by atoms with van der Waals surface area (Å²) < 4.78 is 10.6. The average molecular weight is 234 g/mol. The van der Waals surface area contributed by atoms with E-state index in [-0.39, 0.29) is 0 Å². The fourth-order valence-corrected chi connectivity index (χ4v) is 1.40. The molecule has 0 heterocycles. The highest BCUT2D eigenvalue weighted by Gasteiger charge is 1.98. The Morgan fingerprint density at radius 3 is 2.47 bits per heavy atom. The molecule has 0 saturated heterocycles. The standard InChI is InChI=1S/C13H18N2O2/c1-15(10-8-14)9-3-11-17-13-6-4-12(16-2)5-7-13/h4-7H,3,9-11H2,1-2H3. The average Bonchev–Trinajstić information content (AvgIpc) is 2.36. The van der Waals surface area contributed by atoms with Gasteiger partial charge in [-0.2, -0.15) is 5.26 Å². The van der Waals surface area contributed by atoms with Gasteiger partial charge in [0.25, 0.3) is 0 Å². The molecule has 0 aliphatic heterocycles. The number of hydrogen-bond donors (Lipinski definition) is 0. The van der Waals surface area contributed by atoms with Crippen molar-refractivity contribution < 1.29 is 9.47 Å². The molecule has 0 aromatic heterocycles. The molecule has 0 fully saturated rings. The summed E-state index contributed by atoms with van der Waals surface area (Å²) in [6.07, 6.45) is 0.907. The van der Waals surface area contributed by atoms with Crippen LogP contribution >= 0.6 is 0 Å². The highest BCUT2D eigenvalue weighted by Crippen LogP contribution is 2.16. The Balaban J connectivity index is 2.20. The summed E-state index contributed by atoms with van der Waals surface area (Å²) in [5.41, 5.74) is 0. The summed E-state index contributed by atoms with van der Waals surface area (Å²) >= 11 is 0. The second-order valence-electron chi connectivity index (χ2n) is 3.77. The van der Waals surface area contributed by atoms with E-state index in [1.165, 1.54) is 0 Å². The summed E-state index contributed by atoms with van der Waals surface area (Å²) in [4.78, 5) is 1.97. The molecular formula is C13H18N2O2. The number of rotatable bonds is 7. The normalized spacial score (nSPS) is 10.0. The highest BCUT2D eigenvalue weighted by molar-refractivity contribution is 5.31. The van der Waals surface area contributed by atoms with Gasteiger partial charge in [-0.05, 0) is 37.7 Å². The molecule has 0 aliphatic carbocycles. The van der Waals surface area contributed by atoms with Crippen molar-refractivity contribution in [3.63, 3.8) is 0 Å². The van der Waals surface area contributed by atoms with Crippen molar-refractivity contribution in [2.75, 3.05) is 33.9 Å². The van der Waals surface area contributed by atoms with E-state index in [1.807, 2.05) is 36.2 Å². The monoisotopic (exact) mass is 234 g/mol. The zero-order valence-electron chi connectivity index (χ0n) is 10.3. The van der Waals surface area contributed by atoms with Crippen molar-refractivity contribution in [2.45, 2.75) is 6.42 Å². The molecule has 0 atom stereocenters. The molecule has 0 spiro atoms. The molecule has 0 amide bonds. The van der Waals surface area contributed by atoms with Gasteiger partial charge in [-0.15, -0.1) is 0 Å².